The lowest BCUT2D eigenvalue weighted by molar-refractivity contribution is -0.123. The van der Waals surface area contributed by atoms with E-state index in [4.69, 9.17) is 9.15 Å². The summed E-state index contributed by atoms with van der Waals surface area (Å²) in [6, 6.07) is 15.9. The van der Waals surface area contributed by atoms with Gasteiger partial charge in [0.15, 0.2) is 0 Å². The second-order valence-electron chi connectivity index (χ2n) is 7.54. The normalized spacial score (nSPS) is 14.7. The molecule has 32 heavy (non-hydrogen) atoms. The second-order valence-corrected chi connectivity index (χ2v) is 7.54. The summed E-state index contributed by atoms with van der Waals surface area (Å²) in [5.74, 6) is 0.0990. The van der Waals surface area contributed by atoms with Crippen LogP contribution in [0.15, 0.2) is 64.7 Å². The zero-order valence-corrected chi connectivity index (χ0v) is 18.0. The molecule has 162 valence electrons. The minimum absolute atomic E-state index is 0.142. The summed E-state index contributed by atoms with van der Waals surface area (Å²) < 4.78 is 10.7. The van der Waals surface area contributed by atoms with Gasteiger partial charge in [-0.05, 0) is 43.2 Å². The third-order valence-electron chi connectivity index (χ3n) is 5.30. The maximum atomic E-state index is 12.8. The van der Waals surface area contributed by atoms with E-state index in [-0.39, 0.29) is 12.2 Å². The lowest BCUT2D eigenvalue weighted by Gasteiger charge is -2.12. The van der Waals surface area contributed by atoms with Crippen LogP contribution in [0, 0.1) is 13.8 Å². The summed E-state index contributed by atoms with van der Waals surface area (Å²) in [4.78, 5) is 38.2. The van der Waals surface area contributed by atoms with E-state index in [9.17, 15) is 14.4 Å². The zero-order valence-electron chi connectivity index (χ0n) is 18.0. The van der Waals surface area contributed by atoms with E-state index < -0.39 is 17.9 Å². The monoisotopic (exact) mass is 430 g/mol. The zero-order chi connectivity index (χ0) is 22.8. The van der Waals surface area contributed by atoms with Crippen molar-refractivity contribution in [2.75, 3.05) is 7.11 Å². The number of methoxy groups -OCH3 is 1. The quantitative estimate of drug-likeness (QED) is 0.367. The molecular weight excluding hydrogens is 408 g/mol. The van der Waals surface area contributed by atoms with Gasteiger partial charge in [0.25, 0.3) is 5.91 Å². The molecule has 3 amide bonds. The van der Waals surface area contributed by atoms with Crippen molar-refractivity contribution >= 4 is 24.0 Å². The minimum Gasteiger partial charge on any atom is -0.465 e. The van der Waals surface area contributed by atoms with Crippen LogP contribution in [0.3, 0.4) is 0 Å². The third kappa shape index (κ3) is 4.05. The number of rotatable bonds is 5. The van der Waals surface area contributed by atoms with Crippen molar-refractivity contribution in [3.05, 3.63) is 88.3 Å². The van der Waals surface area contributed by atoms with Crippen LogP contribution in [-0.2, 0) is 16.1 Å². The summed E-state index contributed by atoms with van der Waals surface area (Å²) in [5, 5.41) is 2.61. The first-order valence-electron chi connectivity index (χ1n) is 10.1. The number of nitrogens with one attached hydrogen (secondary N) is 1. The number of amides is 3. The van der Waals surface area contributed by atoms with Crippen LogP contribution in [0.25, 0.3) is 17.4 Å². The van der Waals surface area contributed by atoms with Gasteiger partial charge in [0.2, 0.25) is 0 Å². The number of carbonyl (C=O) groups is 3. The van der Waals surface area contributed by atoms with Crippen LogP contribution >= 0.6 is 0 Å². The van der Waals surface area contributed by atoms with Crippen LogP contribution in [-0.4, -0.2) is 29.9 Å². The van der Waals surface area contributed by atoms with E-state index in [0.29, 0.717) is 17.1 Å². The van der Waals surface area contributed by atoms with Crippen LogP contribution in [0.5, 0.6) is 0 Å². The fourth-order valence-corrected chi connectivity index (χ4v) is 3.66. The molecule has 4 rings (SSSR count). The van der Waals surface area contributed by atoms with Gasteiger partial charge in [0.1, 0.15) is 17.2 Å². The van der Waals surface area contributed by atoms with Gasteiger partial charge in [-0.25, -0.2) is 9.59 Å². The molecule has 1 saturated heterocycles. The number of aryl methyl sites for hydroxylation is 1. The molecule has 0 aliphatic carbocycles. The highest BCUT2D eigenvalue weighted by Gasteiger charge is 2.33. The summed E-state index contributed by atoms with van der Waals surface area (Å²) >= 11 is 0. The standard InChI is InChI=1S/C25H22N2O5/c1-15-6-4-7-17(12-15)14-27-23(28)21(26-25(27)30)13-18-10-11-22(32-18)19-8-5-9-20(16(19)2)24(29)31-3/h4-13H,14H2,1-3H3,(H,26,30)/b21-13+. The predicted octanol–water partition coefficient (Wildman–Crippen LogP) is 4.44. The number of benzene rings is 2. The van der Waals surface area contributed by atoms with Crippen molar-refractivity contribution in [3.63, 3.8) is 0 Å². The average Bonchev–Trinajstić information content (AvgIpc) is 3.33. The number of urea groups is 1. The highest BCUT2D eigenvalue weighted by Crippen LogP contribution is 2.29. The Bertz CT molecular complexity index is 1250. The summed E-state index contributed by atoms with van der Waals surface area (Å²) in [5.41, 5.74) is 3.98. The first-order chi connectivity index (χ1) is 15.4. The van der Waals surface area contributed by atoms with Crippen molar-refractivity contribution in [1.29, 1.82) is 0 Å². The molecule has 2 aromatic carbocycles. The average molecular weight is 430 g/mol. The Kier molecular flexibility index (Phi) is 5.64. The predicted molar refractivity (Wildman–Crippen MR) is 118 cm³/mol. The van der Waals surface area contributed by atoms with Gasteiger partial charge in [-0.15, -0.1) is 0 Å². The number of furan rings is 1. The lowest BCUT2D eigenvalue weighted by atomic mass is 10.0. The highest BCUT2D eigenvalue weighted by atomic mass is 16.5. The molecule has 0 bridgehead atoms. The van der Waals surface area contributed by atoms with Gasteiger partial charge >= 0.3 is 12.0 Å². The lowest BCUT2D eigenvalue weighted by Crippen LogP contribution is -2.30. The first-order valence-corrected chi connectivity index (χ1v) is 10.1. The molecule has 1 aliphatic heterocycles. The Morgan fingerprint density at radius 3 is 2.62 bits per heavy atom. The Morgan fingerprint density at radius 2 is 1.88 bits per heavy atom. The molecule has 1 aromatic heterocycles. The molecule has 1 N–H and O–H groups in total. The van der Waals surface area contributed by atoms with Crippen molar-refractivity contribution in [3.8, 4) is 11.3 Å². The van der Waals surface area contributed by atoms with Gasteiger partial charge in [0.05, 0.1) is 19.2 Å². The minimum atomic E-state index is -0.476. The molecule has 0 spiro atoms. The van der Waals surface area contributed by atoms with Gasteiger partial charge in [0, 0.05) is 11.6 Å². The number of carbonyl (C=O) groups excluding carboxylic acids is 3. The molecule has 1 aliphatic rings. The molecule has 3 aromatic rings. The van der Waals surface area contributed by atoms with Gasteiger partial charge < -0.3 is 14.5 Å². The molecule has 7 heteroatoms. The van der Waals surface area contributed by atoms with Crippen LogP contribution < -0.4 is 5.32 Å². The molecule has 2 heterocycles. The number of hydrogen-bond acceptors (Lipinski definition) is 5. The summed E-state index contributed by atoms with van der Waals surface area (Å²) in [6.07, 6.45) is 1.50. The number of esters is 1. The molecule has 0 radical (unpaired) electrons. The Balaban J connectivity index is 1.57. The van der Waals surface area contributed by atoms with E-state index in [0.717, 1.165) is 27.2 Å². The van der Waals surface area contributed by atoms with Gasteiger partial charge in [-0.1, -0.05) is 42.0 Å². The van der Waals surface area contributed by atoms with E-state index in [1.807, 2.05) is 44.2 Å². The smallest absolute Gasteiger partial charge is 0.338 e. The second kappa shape index (κ2) is 8.55. The maximum Gasteiger partial charge on any atom is 0.338 e. The SMILES string of the molecule is COC(=O)c1cccc(-c2ccc(/C=C3/NC(=O)N(Cc4cccc(C)c4)C3=O)o2)c1C. The fourth-order valence-electron chi connectivity index (χ4n) is 3.66. The van der Waals surface area contributed by atoms with Crippen LogP contribution in [0.2, 0.25) is 0 Å². The number of ether oxygens (including phenoxy) is 1. The van der Waals surface area contributed by atoms with Crippen LogP contribution in [0.4, 0.5) is 4.79 Å². The molecule has 1 fully saturated rings. The van der Waals surface area contributed by atoms with E-state index >= 15 is 0 Å². The highest BCUT2D eigenvalue weighted by molar-refractivity contribution is 6.13. The van der Waals surface area contributed by atoms with Crippen molar-refractivity contribution < 1.29 is 23.5 Å². The molecule has 0 unspecified atom stereocenters. The Morgan fingerprint density at radius 1 is 1.09 bits per heavy atom. The fraction of sp³-hybridized carbons (Fsp3) is 0.160. The van der Waals surface area contributed by atoms with Crippen molar-refractivity contribution in [2.45, 2.75) is 20.4 Å². The van der Waals surface area contributed by atoms with Crippen molar-refractivity contribution in [2.24, 2.45) is 0 Å². The largest absolute Gasteiger partial charge is 0.465 e. The molecular formula is C25H22N2O5. The summed E-state index contributed by atoms with van der Waals surface area (Å²) in [7, 11) is 1.33. The molecule has 0 saturated carbocycles. The van der Waals surface area contributed by atoms with E-state index in [1.54, 1.807) is 24.3 Å². The first kappa shape index (κ1) is 21.1. The maximum absolute atomic E-state index is 12.8. The topological polar surface area (TPSA) is 88.9 Å². The number of hydrogen-bond donors (Lipinski definition) is 1. The Hall–Kier alpha value is -4.13. The summed E-state index contributed by atoms with van der Waals surface area (Å²) in [6.45, 7) is 3.95. The van der Waals surface area contributed by atoms with E-state index in [2.05, 4.69) is 5.32 Å². The number of imide groups is 1. The molecule has 7 nitrogen and oxygen atoms in total. The third-order valence-corrected chi connectivity index (χ3v) is 5.30. The molecule has 0 atom stereocenters. The Labute approximate surface area is 185 Å². The van der Waals surface area contributed by atoms with Crippen LogP contribution in [0.1, 0.15) is 32.8 Å². The van der Waals surface area contributed by atoms with Gasteiger partial charge in [-0.2, -0.15) is 0 Å². The van der Waals surface area contributed by atoms with E-state index in [1.165, 1.54) is 13.2 Å². The van der Waals surface area contributed by atoms with Gasteiger partial charge in [-0.3, -0.25) is 9.69 Å². The van der Waals surface area contributed by atoms with Crippen molar-refractivity contribution in [1.82, 2.24) is 10.2 Å². The number of nitrogens with zero attached hydrogens (tertiary/aromatic N) is 1.